The van der Waals surface area contributed by atoms with Crippen LogP contribution in [-0.2, 0) is 0 Å². The van der Waals surface area contributed by atoms with E-state index < -0.39 is 0 Å². The molecule has 21 heavy (non-hydrogen) atoms. The van der Waals surface area contributed by atoms with Crippen LogP contribution in [0.4, 0.5) is 11.5 Å². The van der Waals surface area contributed by atoms with Crippen molar-refractivity contribution in [3.63, 3.8) is 0 Å². The zero-order valence-electron chi connectivity index (χ0n) is 12.0. The average molecular weight is 299 g/mol. The lowest BCUT2D eigenvalue weighted by Crippen LogP contribution is -2.08. The Morgan fingerprint density at radius 3 is 2.62 bits per heavy atom. The van der Waals surface area contributed by atoms with E-state index in [2.05, 4.69) is 58.8 Å². The molecule has 0 unspecified atom stereocenters. The fraction of sp³-hybridized carbons (Fsp3) is 0.200. The minimum Gasteiger partial charge on any atom is -0.385 e. The Balaban J connectivity index is 2.09. The van der Waals surface area contributed by atoms with E-state index in [0.29, 0.717) is 5.82 Å². The van der Waals surface area contributed by atoms with Gasteiger partial charge in [-0.1, -0.05) is 12.1 Å². The van der Waals surface area contributed by atoms with E-state index >= 15 is 0 Å². The van der Waals surface area contributed by atoms with Crippen LogP contribution in [0, 0.1) is 6.92 Å². The number of hydrogen-bond acceptors (Lipinski definition) is 6. The molecule has 2 heterocycles. The summed E-state index contributed by atoms with van der Waals surface area (Å²) in [4.78, 5) is 9.74. The van der Waals surface area contributed by atoms with Gasteiger partial charge in [-0.3, -0.25) is 0 Å². The zero-order chi connectivity index (χ0) is 14.8. The molecule has 1 aromatic carbocycles. The third-order valence-corrected chi connectivity index (χ3v) is 4.71. The van der Waals surface area contributed by atoms with Crippen molar-refractivity contribution in [2.24, 2.45) is 5.84 Å². The summed E-state index contributed by atoms with van der Waals surface area (Å²) >= 11 is 1.66. The van der Waals surface area contributed by atoms with Crippen molar-refractivity contribution in [3.05, 3.63) is 36.2 Å². The quantitative estimate of drug-likeness (QED) is 0.508. The molecule has 0 aliphatic heterocycles. The average Bonchev–Trinajstić information content (AvgIpc) is 2.86. The molecule has 0 aliphatic carbocycles. The lowest BCUT2D eigenvalue weighted by Gasteiger charge is -2.04. The maximum absolute atomic E-state index is 5.53. The maximum Gasteiger partial charge on any atom is 0.161 e. The van der Waals surface area contributed by atoms with Crippen LogP contribution in [0.2, 0.25) is 0 Å². The highest BCUT2D eigenvalue weighted by Gasteiger charge is 2.14. The number of benzene rings is 1. The first-order valence-electron chi connectivity index (χ1n) is 6.79. The van der Waals surface area contributed by atoms with E-state index in [4.69, 9.17) is 5.84 Å². The molecule has 0 radical (unpaired) electrons. The number of fused-ring (bicyclic) bond motifs is 1. The number of rotatable bonds is 4. The normalized spacial score (nSPS) is 10.8. The predicted molar refractivity (Wildman–Crippen MR) is 89.6 cm³/mol. The molecule has 4 N–H and O–H groups in total. The van der Waals surface area contributed by atoms with Crippen molar-refractivity contribution in [1.29, 1.82) is 0 Å². The van der Waals surface area contributed by atoms with Gasteiger partial charge in [0.05, 0.1) is 10.2 Å². The number of thiophene rings is 1. The Morgan fingerprint density at radius 2 is 1.95 bits per heavy atom. The second-order valence-corrected chi connectivity index (χ2v) is 5.73. The molecule has 0 saturated carbocycles. The van der Waals surface area contributed by atoms with Crippen molar-refractivity contribution in [2.75, 3.05) is 17.3 Å². The number of nitrogens with two attached hydrogens (primary N) is 1. The summed E-state index contributed by atoms with van der Waals surface area (Å²) in [6.07, 6.45) is 1.54. The molecule has 0 spiro atoms. The first-order chi connectivity index (χ1) is 10.2. The molecule has 0 saturated heterocycles. The number of anilines is 2. The van der Waals surface area contributed by atoms with Gasteiger partial charge < -0.3 is 10.7 Å². The van der Waals surface area contributed by atoms with Crippen LogP contribution in [0.3, 0.4) is 0 Å². The molecule has 3 rings (SSSR count). The molecule has 5 nitrogen and oxygen atoms in total. The minimum atomic E-state index is 0.670. The fourth-order valence-electron chi connectivity index (χ4n) is 2.35. The molecule has 0 aliphatic rings. The Bertz CT molecular complexity index is 764. The molecule has 3 aromatic rings. The van der Waals surface area contributed by atoms with E-state index in [9.17, 15) is 0 Å². The summed E-state index contributed by atoms with van der Waals surface area (Å²) in [7, 11) is 0. The highest BCUT2D eigenvalue weighted by Crippen LogP contribution is 2.39. The molecule has 2 aromatic heterocycles. The molecule has 0 fully saturated rings. The van der Waals surface area contributed by atoms with Crippen molar-refractivity contribution in [1.82, 2.24) is 9.97 Å². The van der Waals surface area contributed by atoms with E-state index in [1.165, 1.54) is 16.8 Å². The number of nitrogens with one attached hydrogen (secondary N) is 2. The van der Waals surface area contributed by atoms with Gasteiger partial charge in [-0.05, 0) is 37.1 Å². The zero-order valence-corrected chi connectivity index (χ0v) is 12.8. The standard InChI is InChI=1S/C15H17N5S/c1-3-17-11-6-4-10(5-7-11)13-9(2)12-14(21-13)15(20-16)19-8-18-12/h4-8,17H,3,16H2,1-2H3,(H,18,19,20). The molecular weight excluding hydrogens is 282 g/mol. The van der Waals surface area contributed by atoms with Gasteiger partial charge in [0.25, 0.3) is 0 Å². The Labute approximate surface area is 127 Å². The molecule has 0 atom stereocenters. The molecule has 0 bridgehead atoms. The fourth-order valence-corrected chi connectivity index (χ4v) is 3.56. The molecule has 6 heteroatoms. The topological polar surface area (TPSA) is 75.9 Å². The van der Waals surface area contributed by atoms with Crippen LogP contribution in [0.25, 0.3) is 20.7 Å². The number of hydrogen-bond donors (Lipinski definition) is 3. The van der Waals surface area contributed by atoms with Gasteiger partial charge >= 0.3 is 0 Å². The molecule has 108 valence electrons. The van der Waals surface area contributed by atoms with Crippen molar-refractivity contribution in [3.8, 4) is 10.4 Å². The van der Waals surface area contributed by atoms with E-state index in [1.807, 2.05) is 0 Å². The highest BCUT2D eigenvalue weighted by atomic mass is 32.1. The van der Waals surface area contributed by atoms with E-state index in [0.717, 1.165) is 28.0 Å². The van der Waals surface area contributed by atoms with Crippen LogP contribution in [0.15, 0.2) is 30.6 Å². The number of aryl methyl sites for hydroxylation is 1. The summed E-state index contributed by atoms with van der Waals surface area (Å²) < 4.78 is 0.989. The first kappa shape index (κ1) is 13.8. The van der Waals surface area contributed by atoms with Gasteiger partial charge in [0.15, 0.2) is 5.82 Å². The van der Waals surface area contributed by atoms with E-state index in [1.54, 1.807) is 11.3 Å². The summed E-state index contributed by atoms with van der Waals surface area (Å²) in [6.45, 7) is 5.09. The van der Waals surface area contributed by atoms with Crippen LogP contribution in [0.5, 0.6) is 0 Å². The van der Waals surface area contributed by atoms with Crippen molar-refractivity contribution in [2.45, 2.75) is 13.8 Å². The van der Waals surface area contributed by atoms with E-state index in [-0.39, 0.29) is 0 Å². The minimum absolute atomic E-state index is 0.670. The summed E-state index contributed by atoms with van der Waals surface area (Å²) in [5.74, 6) is 6.20. The Kier molecular flexibility index (Phi) is 3.72. The van der Waals surface area contributed by atoms with Crippen LogP contribution < -0.4 is 16.6 Å². The van der Waals surface area contributed by atoms with Gasteiger partial charge in [-0.2, -0.15) is 0 Å². The van der Waals surface area contributed by atoms with Crippen molar-refractivity contribution >= 4 is 33.1 Å². The monoisotopic (exact) mass is 299 g/mol. The number of nitrogen functional groups attached to an aromatic ring is 1. The van der Waals surface area contributed by atoms with Crippen LogP contribution in [0.1, 0.15) is 12.5 Å². The molecular formula is C15H17N5S. The number of nitrogens with zero attached hydrogens (tertiary/aromatic N) is 2. The van der Waals surface area contributed by atoms with Crippen molar-refractivity contribution < 1.29 is 0 Å². The number of aromatic nitrogens is 2. The predicted octanol–water partition coefficient (Wildman–Crippen LogP) is 3.38. The second kappa shape index (κ2) is 5.67. The third kappa shape index (κ3) is 2.43. The summed E-state index contributed by atoms with van der Waals surface area (Å²) in [5, 5.41) is 3.30. The SMILES string of the molecule is CCNc1ccc(-c2sc3c(NN)ncnc3c2C)cc1. The smallest absolute Gasteiger partial charge is 0.161 e. The number of hydrazine groups is 1. The Hall–Kier alpha value is -2.18. The second-order valence-electron chi connectivity index (χ2n) is 4.71. The van der Waals surface area contributed by atoms with Gasteiger partial charge in [0.2, 0.25) is 0 Å². The summed E-state index contributed by atoms with van der Waals surface area (Å²) in [5.41, 5.74) is 7.06. The van der Waals surface area contributed by atoms with Gasteiger partial charge in [-0.15, -0.1) is 11.3 Å². The van der Waals surface area contributed by atoms with Crippen LogP contribution >= 0.6 is 11.3 Å². The molecule has 0 amide bonds. The van der Waals surface area contributed by atoms with Crippen LogP contribution in [-0.4, -0.2) is 16.5 Å². The largest absolute Gasteiger partial charge is 0.385 e. The van der Waals surface area contributed by atoms with Gasteiger partial charge in [-0.25, -0.2) is 15.8 Å². The maximum atomic E-state index is 5.53. The highest BCUT2D eigenvalue weighted by molar-refractivity contribution is 7.23. The summed E-state index contributed by atoms with van der Waals surface area (Å²) in [6, 6.07) is 8.43. The lowest BCUT2D eigenvalue weighted by atomic mass is 10.1. The lowest BCUT2D eigenvalue weighted by molar-refractivity contribution is 1.18. The van der Waals surface area contributed by atoms with Gasteiger partial charge in [0.1, 0.15) is 6.33 Å². The Morgan fingerprint density at radius 1 is 1.19 bits per heavy atom. The first-order valence-corrected chi connectivity index (χ1v) is 7.61. The third-order valence-electron chi connectivity index (χ3n) is 3.37. The van der Waals surface area contributed by atoms with Gasteiger partial charge in [0, 0.05) is 17.1 Å².